The number of anilines is 1. The van der Waals surface area contributed by atoms with E-state index in [9.17, 15) is 20.0 Å². The number of nitrogens with zero attached hydrogens (tertiary/aromatic N) is 2. The number of thiazole rings is 1. The maximum atomic E-state index is 12.5. The minimum absolute atomic E-state index is 0.140. The van der Waals surface area contributed by atoms with Gasteiger partial charge in [-0.25, -0.2) is 4.79 Å². The van der Waals surface area contributed by atoms with Gasteiger partial charge >= 0.3 is 5.97 Å². The molecular formula is C18H19N3O4S. The third kappa shape index (κ3) is 4.32. The summed E-state index contributed by atoms with van der Waals surface area (Å²) in [5, 5.41) is 21.6. The molecular weight excluding hydrogens is 354 g/mol. The molecule has 26 heavy (non-hydrogen) atoms. The summed E-state index contributed by atoms with van der Waals surface area (Å²) in [7, 11) is 0. The molecule has 0 radical (unpaired) electrons. The fraction of sp³-hybridized carbons (Fsp3) is 0.278. The van der Waals surface area contributed by atoms with E-state index in [4.69, 9.17) is 4.74 Å². The Balaban J connectivity index is 2.51. The predicted octanol–water partition coefficient (Wildman–Crippen LogP) is 1.11. The maximum absolute atomic E-state index is 12.5. The van der Waals surface area contributed by atoms with Crippen molar-refractivity contribution in [2.45, 2.75) is 26.8 Å². The van der Waals surface area contributed by atoms with Crippen LogP contribution in [0.25, 0.3) is 11.8 Å². The first-order valence-electron chi connectivity index (χ1n) is 8.08. The smallest absolute Gasteiger partial charge is 0.351 e. The van der Waals surface area contributed by atoms with Gasteiger partial charge in [-0.15, -0.1) is 11.3 Å². The van der Waals surface area contributed by atoms with E-state index in [1.54, 1.807) is 19.1 Å². The van der Waals surface area contributed by atoms with Crippen molar-refractivity contribution in [3.05, 3.63) is 43.8 Å². The van der Waals surface area contributed by atoms with Gasteiger partial charge in [-0.05, 0) is 37.6 Å². The van der Waals surface area contributed by atoms with Crippen molar-refractivity contribution in [1.29, 1.82) is 5.26 Å². The normalized spacial score (nSPS) is 12.4. The molecule has 1 aromatic heterocycles. The zero-order chi connectivity index (χ0) is 19.1. The van der Waals surface area contributed by atoms with Crippen molar-refractivity contribution < 1.29 is 14.6 Å². The Bertz CT molecular complexity index is 997. The molecule has 2 N–H and O–H groups in total. The minimum Gasteiger partial charge on any atom is -0.508 e. The zero-order valence-corrected chi connectivity index (χ0v) is 15.3. The van der Waals surface area contributed by atoms with Crippen LogP contribution < -0.4 is 20.1 Å². The fourth-order valence-corrected chi connectivity index (χ4v) is 3.22. The Hall–Kier alpha value is -3.05. The standard InChI is InChI=1S/C18H19N3O4S/c1-3-9-25-18(24)14(10-19)17-21(4-2)16(23)15(26-17)11-20-12-5-7-13(22)8-6-12/h5-8,11,20,22H,3-4,9H2,1-2H3. The summed E-state index contributed by atoms with van der Waals surface area (Å²) in [5.74, 6) is -0.586. The van der Waals surface area contributed by atoms with Crippen LogP contribution in [0.1, 0.15) is 20.3 Å². The molecule has 0 aliphatic carbocycles. The van der Waals surface area contributed by atoms with Gasteiger partial charge in [0.15, 0.2) is 5.57 Å². The van der Waals surface area contributed by atoms with Crippen LogP contribution in [0, 0.1) is 11.3 Å². The molecule has 0 unspecified atom stereocenters. The van der Waals surface area contributed by atoms with E-state index in [0.717, 1.165) is 11.3 Å². The average molecular weight is 373 g/mol. The number of hydrogen-bond acceptors (Lipinski definition) is 7. The van der Waals surface area contributed by atoms with Gasteiger partial charge in [0, 0.05) is 18.4 Å². The molecule has 0 saturated heterocycles. The van der Waals surface area contributed by atoms with E-state index in [1.165, 1.54) is 22.9 Å². The van der Waals surface area contributed by atoms with Gasteiger partial charge in [-0.2, -0.15) is 5.26 Å². The third-order valence-corrected chi connectivity index (χ3v) is 4.56. The highest BCUT2D eigenvalue weighted by Crippen LogP contribution is 2.13. The highest BCUT2D eigenvalue weighted by molar-refractivity contribution is 7.07. The minimum atomic E-state index is -0.726. The van der Waals surface area contributed by atoms with E-state index >= 15 is 0 Å². The Kier molecular flexibility index (Phi) is 6.58. The lowest BCUT2D eigenvalue weighted by molar-refractivity contribution is -0.136. The van der Waals surface area contributed by atoms with Crippen molar-refractivity contribution in [3.8, 4) is 11.8 Å². The molecule has 7 nitrogen and oxygen atoms in total. The van der Waals surface area contributed by atoms with Gasteiger partial charge in [0.05, 0.1) is 6.61 Å². The van der Waals surface area contributed by atoms with Crippen molar-refractivity contribution in [3.63, 3.8) is 0 Å². The Morgan fingerprint density at radius 3 is 2.65 bits per heavy atom. The summed E-state index contributed by atoms with van der Waals surface area (Å²) < 4.78 is 7.04. The number of nitriles is 1. The zero-order valence-electron chi connectivity index (χ0n) is 14.5. The Morgan fingerprint density at radius 2 is 2.08 bits per heavy atom. The summed E-state index contributed by atoms with van der Waals surface area (Å²) in [5.41, 5.74) is 0.216. The molecule has 0 aliphatic heterocycles. The number of rotatable bonds is 6. The van der Waals surface area contributed by atoms with Crippen LogP contribution in [0.4, 0.5) is 5.69 Å². The van der Waals surface area contributed by atoms with Crippen LogP contribution in [-0.2, 0) is 16.1 Å². The van der Waals surface area contributed by atoms with Crippen molar-refractivity contribution in [1.82, 2.24) is 4.57 Å². The number of aromatic nitrogens is 1. The van der Waals surface area contributed by atoms with E-state index in [-0.39, 0.29) is 28.2 Å². The number of aromatic hydroxyl groups is 1. The van der Waals surface area contributed by atoms with Crippen LogP contribution in [0.5, 0.6) is 5.75 Å². The summed E-state index contributed by atoms with van der Waals surface area (Å²) in [6.07, 6.45) is 2.16. The molecule has 0 bridgehead atoms. The molecule has 0 amide bonds. The maximum Gasteiger partial charge on any atom is 0.351 e. The second kappa shape index (κ2) is 8.87. The lowest BCUT2D eigenvalue weighted by atomic mass is 10.3. The largest absolute Gasteiger partial charge is 0.508 e. The first-order chi connectivity index (χ1) is 12.5. The Labute approximate surface area is 154 Å². The first kappa shape index (κ1) is 19.3. The molecule has 2 rings (SSSR count). The van der Waals surface area contributed by atoms with Gasteiger partial charge in [0.25, 0.3) is 5.56 Å². The second-order valence-corrected chi connectivity index (χ2v) is 6.31. The van der Waals surface area contributed by atoms with E-state index < -0.39 is 5.97 Å². The highest BCUT2D eigenvalue weighted by atomic mass is 32.1. The Morgan fingerprint density at radius 1 is 1.38 bits per heavy atom. The van der Waals surface area contributed by atoms with Crippen LogP contribution in [0.2, 0.25) is 0 Å². The van der Waals surface area contributed by atoms with Crippen LogP contribution in [0.15, 0.2) is 29.1 Å². The lowest BCUT2D eigenvalue weighted by Crippen LogP contribution is -2.32. The average Bonchev–Trinajstić information content (AvgIpc) is 2.95. The highest BCUT2D eigenvalue weighted by Gasteiger charge is 2.16. The SMILES string of the molecule is CCCOC(=O)C(C#N)=c1sc(=CNc2ccc(O)cc2)c(=O)n1CC. The van der Waals surface area contributed by atoms with Crippen LogP contribution in [0.3, 0.4) is 0 Å². The summed E-state index contributed by atoms with van der Waals surface area (Å²) >= 11 is 1.05. The van der Waals surface area contributed by atoms with Crippen molar-refractivity contribution >= 4 is 34.8 Å². The number of hydrogen-bond donors (Lipinski definition) is 2. The van der Waals surface area contributed by atoms with Gasteiger partial charge in [-0.3, -0.25) is 9.36 Å². The fourth-order valence-electron chi connectivity index (χ4n) is 2.15. The summed E-state index contributed by atoms with van der Waals surface area (Å²) in [4.78, 5) is 24.6. The van der Waals surface area contributed by atoms with E-state index in [0.29, 0.717) is 23.2 Å². The number of ether oxygens (including phenoxy) is 1. The number of phenolic OH excluding ortho intramolecular Hbond substituents is 1. The number of carbonyl (C=O) groups is 1. The molecule has 0 aliphatic rings. The van der Waals surface area contributed by atoms with Gasteiger partial charge in [0.1, 0.15) is 21.0 Å². The topological polar surface area (TPSA) is 104 Å². The lowest BCUT2D eigenvalue weighted by Gasteiger charge is -2.01. The molecule has 2 aromatic rings. The van der Waals surface area contributed by atoms with Crippen molar-refractivity contribution in [2.75, 3.05) is 11.9 Å². The number of nitrogens with one attached hydrogen (secondary N) is 1. The van der Waals surface area contributed by atoms with Gasteiger partial charge < -0.3 is 15.2 Å². The molecule has 0 saturated carbocycles. The van der Waals surface area contributed by atoms with Crippen molar-refractivity contribution in [2.24, 2.45) is 0 Å². The second-order valence-electron chi connectivity index (χ2n) is 5.28. The van der Waals surface area contributed by atoms with Crippen LogP contribution in [-0.4, -0.2) is 22.2 Å². The van der Waals surface area contributed by atoms with Gasteiger partial charge in [0.2, 0.25) is 0 Å². The van der Waals surface area contributed by atoms with Gasteiger partial charge in [-0.1, -0.05) is 6.92 Å². The van der Waals surface area contributed by atoms with E-state index in [1.807, 2.05) is 13.0 Å². The summed E-state index contributed by atoms with van der Waals surface area (Å²) in [6.45, 7) is 4.16. The molecule has 1 heterocycles. The molecule has 1 aromatic carbocycles. The first-order valence-corrected chi connectivity index (χ1v) is 8.90. The number of phenols is 1. The van der Waals surface area contributed by atoms with Crippen LogP contribution >= 0.6 is 11.3 Å². The third-order valence-electron chi connectivity index (χ3n) is 3.43. The molecule has 0 fully saturated rings. The molecule has 0 atom stereocenters. The summed E-state index contributed by atoms with van der Waals surface area (Å²) in [6, 6.07) is 8.21. The molecule has 136 valence electrons. The number of carbonyl (C=O) groups excluding carboxylic acids is 1. The number of benzene rings is 1. The molecule has 0 spiro atoms. The molecule has 8 heteroatoms. The quantitative estimate of drug-likeness (QED) is 0.581. The predicted molar refractivity (Wildman–Crippen MR) is 100.0 cm³/mol. The number of esters is 1. The monoisotopic (exact) mass is 373 g/mol. The van der Waals surface area contributed by atoms with E-state index in [2.05, 4.69) is 5.32 Å².